The van der Waals surface area contributed by atoms with Crippen molar-refractivity contribution in [1.29, 1.82) is 0 Å². The molecule has 0 bridgehead atoms. The Bertz CT molecular complexity index is 192. The molecule has 0 saturated carbocycles. The fourth-order valence-corrected chi connectivity index (χ4v) is 0.412. The van der Waals surface area contributed by atoms with E-state index < -0.39 is 0 Å². The molecule has 1 aromatic rings. The van der Waals surface area contributed by atoms with E-state index in [0.29, 0.717) is 5.69 Å². The van der Waals surface area contributed by atoms with Gasteiger partial charge >= 0.3 is 0 Å². The Hall–Kier alpha value is -1.12. The van der Waals surface area contributed by atoms with Crippen molar-refractivity contribution in [3.05, 3.63) is 17.5 Å². The first-order valence-electron chi connectivity index (χ1n) is 2.14. The van der Waals surface area contributed by atoms with E-state index >= 15 is 0 Å². The van der Waals surface area contributed by atoms with Crippen LogP contribution in [-0.4, -0.2) is 11.4 Å². The molecule has 0 amide bonds. The van der Waals surface area contributed by atoms with Gasteiger partial charge in [-0.3, -0.25) is 4.79 Å². The van der Waals surface area contributed by atoms with Crippen molar-refractivity contribution in [2.75, 3.05) is 0 Å². The average Bonchev–Trinajstić information content (AvgIpc) is 2.14. The molecule has 0 aliphatic carbocycles. The van der Waals surface area contributed by atoms with Crippen molar-refractivity contribution < 1.29 is 9.32 Å². The Labute approximate surface area is 46.3 Å². The summed E-state index contributed by atoms with van der Waals surface area (Å²) < 4.78 is 4.44. The van der Waals surface area contributed by atoms with Crippen molar-refractivity contribution in [1.82, 2.24) is 5.16 Å². The van der Waals surface area contributed by atoms with Crippen LogP contribution in [-0.2, 0) is 4.79 Å². The molecule has 0 unspecified atom stereocenters. The number of nitrogens with zero attached hydrogens (tertiary/aromatic N) is 1. The first-order valence-corrected chi connectivity index (χ1v) is 2.14. The van der Waals surface area contributed by atoms with Crippen LogP contribution in [0, 0.1) is 6.92 Å². The molecule has 0 atom stereocenters. The Morgan fingerprint density at radius 1 is 1.88 bits per heavy atom. The molecular formula is C5H4NO2. The van der Waals surface area contributed by atoms with E-state index in [4.69, 9.17) is 0 Å². The normalized spacial score (nSPS) is 9.12. The van der Waals surface area contributed by atoms with Gasteiger partial charge in [0.2, 0.25) is 5.76 Å². The van der Waals surface area contributed by atoms with Gasteiger partial charge in [0.1, 0.15) is 0 Å². The molecule has 1 heterocycles. The summed E-state index contributed by atoms with van der Waals surface area (Å²) in [5.74, 6) is 0.155. The maximum Gasteiger partial charge on any atom is 0.274 e. The van der Waals surface area contributed by atoms with E-state index in [1.807, 2.05) is 0 Å². The minimum Gasteiger partial charge on any atom is -0.352 e. The molecule has 41 valence electrons. The van der Waals surface area contributed by atoms with Gasteiger partial charge in [0.05, 0.1) is 5.69 Å². The zero-order valence-electron chi connectivity index (χ0n) is 4.34. The molecule has 0 aliphatic heterocycles. The third-order valence-electron chi connectivity index (χ3n) is 0.729. The second-order valence-corrected chi connectivity index (χ2v) is 1.43. The first-order chi connectivity index (χ1) is 3.83. The Kier molecular flexibility index (Phi) is 1.12. The fourth-order valence-electron chi connectivity index (χ4n) is 0.412. The molecule has 3 nitrogen and oxygen atoms in total. The second kappa shape index (κ2) is 1.78. The highest BCUT2D eigenvalue weighted by Gasteiger charge is 1.95. The number of hydrogen-bond donors (Lipinski definition) is 0. The van der Waals surface area contributed by atoms with Crippen LogP contribution in [0.25, 0.3) is 0 Å². The summed E-state index contributed by atoms with van der Waals surface area (Å²) in [6, 6.07) is 1.52. The molecule has 3 heteroatoms. The molecular weight excluding hydrogens is 106 g/mol. The smallest absolute Gasteiger partial charge is 0.274 e. The van der Waals surface area contributed by atoms with Crippen molar-refractivity contribution in [2.24, 2.45) is 0 Å². The van der Waals surface area contributed by atoms with Gasteiger partial charge in [-0.05, 0) is 6.92 Å². The van der Waals surface area contributed by atoms with Gasteiger partial charge in [0, 0.05) is 6.07 Å². The van der Waals surface area contributed by atoms with Crippen LogP contribution < -0.4 is 0 Å². The number of hydrogen-bond acceptors (Lipinski definition) is 3. The van der Waals surface area contributed by atoms with Gasteiger partial charge in [0.15, 0.2) is 0 Å². The van der Waals surface area contributed by atoms with E-state index in [-0.39, 0.29) is 5.76 Å². The van der Waals surface area contributed by atoms with Crippen LogP contribution >= 0.6 is 0 Å². The minimum atomic E-state index is 0.155. The highest BCUT2D eigenvalue weighted by Crippen LogP contribution is 1.96. The van der Waals surface area contributed by atoms with Gasteiger partial charge < -0.3 is 4.52 Å². The Balaban J connectivity index is 3.00. The molecule has 1 radical (unpaired) electrons. The molecule has 0 fully saturated rings. The highest BCUT2D eigenvalue weighted by molar-refractivity contribution is 5.70. The summed E-state index contributed by atoms with van der Waals surface area (Å²) >= 11 is 0. The van der Waals surface area contributed by atoms with Gasteiger partial charge in [0.25, 0.3) is 6.29 Å². The van der Waals surface area contributed by atoms with Gasteiger partial charge in [-0.15, -0.1) is 0 Å². The molecule has 1 rings (SSSR count). The van der Waals surface area contributed by atoms with Crippen LogP contribution in [0.3, 0.4) is 0 Å². The van der Waals surface area contributed by atoms with Gasteiger partial charge in [-0.2, -0.15) is 0 Å². The lowest BCUT2D eigenvalue weighted by molar-refractivity contribution is 0.402. The number of aryl methyl sites for hydroxylation is 1. The standard InChI is InChI=1S/C5H4NO2/c1-4-2-5(3-7)8-6-4/h2H,1H3. The highest BCUT2D eigenvalue weighted by atomic mass is 16.5. The maximum absolute atomic E-state index is 9.76. The first kappa shape index (κ1) is 5.03. The summed E-state index contributed by atoms with van der Waals surface area (Å²) in [5.41, 5.74) is 0.698. The Morgan fingerprint density at radius 2 is 2.62 bits per heavy atom. The van der Waals surface area contributed by atoms with Crippen LogP contribution in [0.2, 0.25) is 0 Å². The van der Waals surface area contributed by atoms with E-state index in [2.05, 4.69) is 9.68 Å². The second-order valence-electron chi connectivity index (χ2n) is 1.43. The third kappa shape index (κ3) is 0.753. The SMILES string of the molecule is Cc1cc([C]=O)on1. The predicted octanol–water partition coefficient (Wildman–Crippen LogP) is 0.441. The summed E-state index contributed by atoms with van der Waals surface area (Å²) in [7, 11) is 0. The van der Waals surface area contributed by atoms with Gasteiger partial charge in [-0.1, -0.05) is 5.16 Å². The van der Waals surface area contributed by atoms with E-state index in [0.717, 1.165) is 0 Å². The topological polar surface area (TPSA) is 43.1 Å². The van der Waals surface area contributed by atoms with Gasteiger partial charge in [-0.25, -0.2) is 0 Å². The number of carbonyl (C=O) groups excluding carboxylic acids is 1. The lowest BCUT2D eigenvalue weighted by Crippen LogP contribution is -1.67. The van der Waals surface area contributed by atoms with Crippen molar-refractivity contribution in [3.8, 4) is 0 Å². The molecule has 0 aliphatic rings. The summed E-state index contributed by atoms with van der Waals surface area (Å²) in [4.78, 5) is 9.76. The lowest BCUT2D eigenvalue weighted by Gasteiger charge is -1.63. The molecule has 0 N–H and O–H groups in total. The lowest BCUT2D eigenvalue weighted by atomic mass is 10.4. The summed E-state index contributed by atoms with van der Waals surface area (Å²) in [5, 5.41) is 3.45. The van der Waals surface area contributed by atoms with E-state index in [9.17, 15) is 4.79 Å². The molecule has 0 spiro atoms. The van der Waals surface area contributed by atoms with Crippen molar-refractivity contribution in [3.63, 3.8) is 0 Å². The Morgan fingerprint density at radius 3 is 2.88 bits per heavy atom. The van der Waals surface area contributed by atoms with Crippen LogP contribution in [0.1, 0.15) is 11.5 Å². The minimum absolute atomic E-state index is 0.155. The van der Waals surface area contributed by atoms with Crippen molar-refractivity contribution in [2.45, 2.75) is 6.92 Å². The molecule has 8 heavy (non-hydrogen) atoms. The van der Waals surface area contributed by atoms with E-state index in [1.54, 1.807) is 13.2 Å². The van der Waals surface area contributed by atoms with Crippen LogP contribution in [0.15, 0.2) is 10.6 Å². The monoisotopic (exact) mass is 110 g/mol. The van der Waals surface area contributed by atoms with Crippen molar-refractivity contribution >= 4 is 6.29 Å². The number of aromatic nitrogens is 1. The summed E-state index contributed by atoms with van der Waals surface area (Å²) in [6.07, 6.45) is 1.57. The molecule has 1 aromatic heterocycles. The maximum atomic E-state index is 9.76. The molecule has 0 aromatic carbocycles. The predicted molar refractivity (Wildman–Crippen MR) is 26.0 cm³/mol. The third-order valence-corrected chi connectivity index (χ3v) is 0.729. The molecule has 0 saturated heterocycles. The average molecular weight is 110 g/mol. The van der Waals surface area contributed by atoms with E-state index in [1.165, 1.54) is 6.07 Å². The zero-order chi connectivity index (χ0) is 5.98. The van der Waals surface area contributed by atoms with Crippen LogP contribution in [0.5, 0.6) is 0 Å². The quantitative estimate of drug-likeness (QED) is 0.526. The fraction of sp³-hybridized carbons (Fsp3) is 0.200. The van der Waals surface area contributed by atoms with Crippen LogP contribution in [0.4, 0.5) is 0 Å². The summed E-state index contributed by atoms with van der Waals surface area (Å²) in [6.45, 7) is 1.74. The zero-order valence-corrected chi connectivity index (χ0v) is 4.34. The number of rotatable bonds is 1. The largest absolute Gasteiger partial charge is 0.352 e.